The van der Waals surface area contributed by atoms with Crippen LogP contribution in [0.15, 0.2) is 47.4 Å². The number of methoxy groups -OCH3 is 1. The molecule has 2 aliphatic heterocycles. The van der Waals surface area contributed by atoms with Crippen LogP contribution in [-0.4, -0.2) is 93.6 Å². The molecule has 3 aromatic rings. The summed E-state index contributed by atoms with van der Waals surface area (Å²) in [5.74, 6) is 0. The maximum absolute atomic E-state index is 13.8. The Kier molecular flexibility index (Phi) is 8.35. The summed E-state index contributed by atoms with van der Waals surface area (Å²) in [5, 5.41) is 12.4. The van der Waals surface area contributed by atoms with Gasteiger partial charge in [-0.15, -0.1) is 0 Å². The average molecular weight is 530 g/mol. The van der Waals surface area contributed by atoms with Gasteiger partial charge >= 0.3 is 0 Å². The molecule has 0 bridgehead atoms. The smallest absolute Gasteiger partial charge is 0.290 e. The highest BCUT2D eigenvalue weighted by Gasteiger charge is 2.27. The number of ether oxygens (including phenoxy) is 1. The molecule has 2 fully saturated rings. The summed E-state index contributed by atoms with van der Waals surface area (Å²) in [6, 6.07) is 13.3. The number of nitrogens with zero attached hydrogens (tertiary/aromatic N) is 5. The second-order valence-electron chi connectivity index (χ2n) is 9.34. The summed E-state index contributed by atoms with van der Waals surface area (Å²) in [7, 11) is -0.0131. The Morgan fingerprint density at radius 1 is 1.05 bits per heavy atom. The Labute approximate surface area is 218 Å². The van der Waals surface area contributed by atoms with E-state index < -0.39 is 10.0 Å². The lowest BCUT2D eigenvalue weighted by Gasteiger charge is -2.34. The van der Waals surface area contributed by atoms with Crippen LogP contribution < -0.4 is 9.80 Å². The highest BCUT2D eigenvalue weighted by atomic mass is 32.2. The van der Waals surface area contributed by atoms with E-state index in [1.807, 2.05) is 31.2 Å². The number of carbonyl (C=O) groups is 1. The van der Waals surface area contributed by atoms with Gasteiger partial charge in [-0.3, -0.25) is 4.79 Å². The molecule has 0 aliphatic carbocycles. The number of rotatable bonds is 6. The first kappa shape index (κ1) is 26.9. The fourth-order valence-electron chi connectivity index (χ4n) is 4.94. The molecule has 0 amide bonds. The molecular weight excluding hydrogens is 494 g/mol. The predicted octanol–water partition coefficient (Wildman–Crippen LogP) is 2.51. The highest BCUT2D eigenvalue weighted by Crippen LogP contribution is 2.30. The summed E-state index contributed by atoms with van der Waals surface area (Å²) in [5.41, 5.74) is 3.36. The number of aromatic nitrogens is 2. The van der Waals surface area contributed by atoms with Crippen LogP contribution in [0, 0.1) is 0 Å². The van der Waals surface area contributed by atoms with Crippen molar-refractivity contribution < 1.29 is 23.1 Å². The molecule has 1 unspecified atom stereocenters. The van der Waals surface area contributed by atoms with Crippen molar-refractivity contribution in [2.45, 2.75) is 30.8 Å². The number of carboxylic acid groups (broad SMARTS) is 1. The number of aryl methyl sites for hydroxylation is 1. The molecule has 200 valence electrons. The van der Waals surface area contributed by atoms with Crippen molar-refractivity contribution in [1.82, 2.24) is 14.1 Å². The van der Waals surface area contributed by atoms with Gasteiger partial charge in [-0.25, -0.2) is 0 Å². The molecule has 1 aromatic heterocycles. The lowest BCUT2D eigenvalue weighted by atomic mass is 10.1. The molecule has 2 aromatic carbocycles. The molecule has 5 rings (SSSR count). The fraction of sp³-hybridized carbons (Fsp3) is 0.462. The third kappa shape index (κ3) is 5.58. The summed E-state index contributed by atoms with van der Waals surface area (Å²) >= 11 is 0. The van der Waals surface area contributed by atoms with Crippen LogP contribution >= 0.6 is 0 Å². The van der Waals surface area contributed by atoms with Gasteiger partial charge in [-0.2, -0.15) is 17.6 Å². The zero-order valence-corrected chi connectivity index (χ0v) is 22.4. The van der Waals surface area contributed by atoms with Crippen molar-refractivity contribution in [3.63, 3.8) is 0 Å². The van der Waals surface area contributed by atoms with Crippen molar-refractivity contribution >= 4 is 38.8 Å². The van der Waals surface area contributed by atoms with Crippen LogP contribution in [0.4, 0.5) is 11.4 Å². The molecule has 0 saturated carbocycles. The van der Waals surface area contributed by atoms with Crippen LogP contribution in [0.2, 0.25) is 0 Å². The molecule has 3 heterocycles. The zero-order chi connectivity index (χ0) is 26.6. The SMILES string of the molecule is CCc1nn(S(=O)(=O)c2cccc(N3CCC(OC)C3)c2)c2cc(N3CCN(C)CC3)ccc12.O=CO. The van der Waals surface area contributed by atoms with E-state index in [9.17, 15) is 8.42 Å². The van der Waals surface area contributed by atoms with Gasteiger partial charge in [0.2, 0.25) is 0 Å². The van der Waals surface area contributed by atoms with Gasteiger partial charge in [0.05, 0.1) is 22.2 Å². The van der Waals surface area contributed by atoms with Gasteiger partial charge < -0.3 is 24.5 Å². The molecule has 0 radical (unpaired) electrons. The standard InChI is InChI=1S/C25H33N5O3S.CH2O2/c1-4-24-23-9-8-20(28-14-12-27(2)13-15-28)17-25(23)30(26-24)34(31,32)22-7-5-6-19(16-22)29-11-10-21(18-29)33-3;2-1-3/h5-9,16-17,21H,4,10-15,18H2,1-3H3;1H,(H,2,3). The minimum Gasteiger partial charge on any atom is -0.483 e. The van der Waals surface area contributed by atoms with Crippen LogP contribution in [0.5, 0.6) is 0 Å². The topological polar surface area (TPSA) is 108 Å². The van der Waals surface area contributed by atoms with Gasteiger partial charge in [0.1, 0.15) is 0 Å². The van der Waals surface area contributed by atoms with Gasteiger partial charge in [-0.05, 0) is 56.3 Å². The predicted molar refractivity (Wildman–Crippen MR) is 144 cm³/mol. The van der Waals surface area contributed by atoms with E-state index >= 15 is 0 Å². The van der Waals surface area contributed by atoms with Crippen LogP contribution in [0.1, 0.15) is 19.0 Å². The van der Waals surface area contributed by atoms with Gasteiger partial charge in [0.15, 0.2) is 0 Å². The van der Waals surface area contributed by atoms with Crippen LogP contribution in [0.3, 0.4) is 0 Å². The summed E-state index contributed by atoms with van der Waals surface area (Å²) in [6.07, 6.45) is 1.78. The number of benzene rings is 2. The van der Waals surface area contributed by atoms with E-state index in [0.717, 1.165) is 68.1 Å². The number of fused-ring (bicyclic) bond motifs is 1. The Hall–Kier alpha value is -3.15. The molecule has 11 heteroatoms. The molecule has 1 N–H and O–H groups in total. The first-order chi connectivity index (χ1) is 17.8. The number of anilines is 2. The number of hydrogen-bond donors (Lipinski definition) is 1. The lowest BCUT2D eigenvalue weighted by molar-refractivity contribution is -0.122. The Bertz CT molecular complexity index is 1330. The van der Waals surface area contributed by atoms with Crippen molar-refractivity contribution in [2.75, 3.05) is 63.2 Å². The van der Waals surface area contributed by atoms with Gasteiger partial charge in [0.25, 0.3) is 16.5 Å². The van der Waals surface area contributed by atoms with Crippen LogP contribution in [0.25, 0.3) is 10.9 Å². The first-order valence-electron chi connectivity index (χ1n) is 12.5. The molecule has 1 atom stereocenters. The zero-order valence-electron chi connectivity index (χ0n) is 21.6. The maximum Gasteiger partial charge on any atom is 0.290 e. The molecule has 2 aliphatic rings. The maximum atomic E-state index is 13.8. The summed E-state index contributed by atoms with van der Waals surface area (Å²) < 4.78 is 34.4. The van der Waals surface area contributed by atoms with E-state index in [1.54, 1.807) is 19.2 Å². The Balaban J connectivity index is 0.00000102. The quantitative estimate of drug-likeness (QED) is 0.482. The van der Waals surface area contributed by atoms with Crippen molar-refractivity contribution in [3.8, 4) is 0 Å². The summed E-state index contributed by atoms with van der Waals surface area (Å²) in [4.78, 5) is 15.4. The Morgan fingerprint density at radius 3 is 2.41 bits per heavy atom. The third-order valence-corrected chi connectivity index (χ3v) is 8.68. The first-order valence-corrected chi connectivity index (χ1v) is 13.9. The highest BCUT2D eigenvalue weighted by molar-refractivity contribution is 7.90. The minimum atomic E-state index is -3.86. The van der Waals surface area contributed by atoms with E-state index in [0.29, 0.717) is 11.9 Å². The van der Waals surface area contributed by atoms with Crippen molar-refractivity contribution in [2.24, 2.45) is 0 Å². The molecule has 2 saturated heterocycles. The number of hydrogen-bond acceptors (Lipinski definition) is 8. The molecule has 37 heavy (non-hydrogen) atoms. The van der Waals surface area contributed by atoms with Crippen molar-refractivity contribution in [1.29, 1.82) is 0 Å². The average Bonchev–Trinajstić information content (AvgIpc) is 3.54. The number of likely N-dealkylation sites (N-methyl/N-ethyl adjacent to an activating group) is 1. The number of piperazine rings is 1. The van der Waals surface area contributed by atoms with E-state index in [1.165, 1.54) is 4.09 Å². The molecule has 0 spiro atoms. The second kappa shape index (κ2) is 11.5. The Morgan fingerprint density at radius 2 is 1.76 bits per heavy atom. The summed E-state index contributed by atoms with van der Waals surface area (Å²) in [6.45, 7) is 7.19. The van der Waals surface area contributed by atoms with E-state index in [-0.39, 0.29) is 17.5 Å². The normalized spacial score (nSPS) is 18.6. The van der Waals surface area contributed by atoms with Gasteiger partial charge in [0, 0.05) is 63.1 Å². The van der Waals surface area contributed by atoms with Crippen LogP contribution in [-0.2, 0) is 26.0 Å². The van der Waals surface area contributed by atoms with E-state index in [2.05, 4.69) is 32.9 Å². The minimum absolute atomic E-state index is 0.176. The van der Waals surface area contributed by atoms with Crippen molar-refractivity contribution in [3.05, 3.63) is 48.2 Å². The third-order valence-electron chi connectivity index (χ3n) is 7.10. The monoisotopic (exact) mass is 529 g/mol. The largest absolute Gasteiger partial charge is 0.483 e. The molecule has 10 nitrogen and oxygen atoms in total. The lowest BCUT2D eigenvalue weighted by Crippen LogP contribution is -2.44. The van der Waals surface area contributed by atoms with E-state index in [4.69, 9.17) is 14.6 Å². The second-order valence-corrected chi connectivity index (χ2v) is 11.1. The fourth-order valence-corrected chi connectivity index (χ4v) is 6.28. The van der Waals surface area contributed by atoms with Gasteiger partial charge in [-0.1, -0.05) is 13.0 Å². The molecular formula is C26H35N5O5S.